The Bertz CT molecular complexity index is 1570. The first-order chi connectivity index (χ1) is 16.6. The van der Waals surface area contributed by atoms with Crippen LogP contribution in [-0.4, -0.2) is 9.97 Å². The van der Waals surface area contributed by atoms with Crippen LogP contribution in [0.1, 0.15) is 16.7 Å². The van der Waals surface area contributed by atoms with Crippen LogP contribution < -0.4 is 0 Å². The van der Waals surface area contributed by atoms with E-state index in [1.165, 1.54) is 16.7 Å². The summed E-state index contributed by atoms with van der Waals surface area (Å²) in [4.78, 5) is 8.74. The summed E-state index contributed by atoms with van der Waals surface area (Å²) in [5, 5.41) is 2.25. The summed E-state index contributed by atoms with van der Waals surface area (Å²) in [7, 11) is 0. The topological polar surface area (TPSA) is 38.9 Å². The average molecular weight is 633 g/mol. The molecule has 6 aromatic rings. The molecule has 0 bridgehead atoms. The van der Waals surface area contributed by atoms with Crippen LogP contribution in [0.2, 0.25) is 0 Å². The molecule has 3 nitrogen and oxygen atoms in total. The number of furan rings is 1. The van der Waals surface area contributed by atoms with Crippen LogP contribution >= 0.6 is 0 Å². The van der Waals surface area contributed by atoms with Crippen LogP contribution in [-0.2, 0) is 20.1 Å². The van der Waals surface area contributed by atoms with Gasteiger partial charge in [-0.2, -0.15) is 0 Å². The van der Waals surface area contributed by atoms with Crippen LogP contribution in [0.15, 0.2) is 95.7 Å². The van der Waals surface area contributed by atoms with Crippen molar-refractivity contribution < 1.29 is 24.5 Å². The standard InChI is InChI=1S/C18H12NO.C13H12N.Ir/c1-12-8-9-13-14-5-4-6-15(16-7-2-3-10-19-16)18(14)20-17(13)11-12;1-10-5-7-12(8-6-10)13-11(2)4-3-9-14-13;/h2-5,7-11H,1H3;3-7,9H,1-2H3;/q2*-1;. The van der Waals surface area contributed by atoms with E-state index in [2.05, 4.69) is 79.3 Å². The van der Waals surface area contributed by atoms with E-state index in [0.29, 0.717) is 0 Å². The fourth-order valence-electron chi connectivity index (χ4n) is 3.97. The molecule has 3 aromatic heterocycles. The van der Waals surface area contributed by atoms with Crippen molar-refractivity contribution in [3.05, 3.63) is 120 Å². The van der Waals surface area contributed by atoms with Gasteiger partial charge in [0, 0.05) is 37.9 Å². The molecule has 0 fully saturated rings. The second-order valence-corrected chi connectivity index (χ2v) is 8.36. The number of hydrogen-bond acceptors (Lipinski definition) is 3. The molecule has 0 amide bonds. The van der Waals surface area contributed by atoms with E-state index in [0.717, 1.165) is 44.5 Å². The largest absolute Gasteiger partial charge is 0.501 e. The quantitative estimate of drug-likeness (QED) is 0.182. The maximum absolute atomic E-state index is 6.05. The van der Waals surface area contributed by atoms with E-state index in [9.17, 15) is 0 Å². The van der Waals surface area contributed by atoms with Gasteiger partial charge in [0.25, 0.3) is 0 Å². The van der Waals surface area contributed by atoms with Gasteiger partial charge in [0.15, 0.2) is 0 Å². The van der Waals surface area contributed by atoms with Crippen molar-refractivity contribution in [3.63, 3.8) is 0 Å². The van der Waals surface area contributed by atoms with Crippen molar-refractivity contribution in [2.24, 2.45) is 0 Å². The molecule has 0 aliphatic heterocycles. The first-order valence-corrected chi connectivity index (χ1v) is 11.3. The molecule has 35 heavy (non-hydrogen) atoms. The summed E-state index contributed by atoms with van der Waals surface area (Å²) in [6, 6.07) is 32.7. The number of hydrogen-bond donors (Lipinski definition) is 0. The van der Waals surface area contributed by atoms with Gasteiger partial charge in [-0.25, -0.2) is 0 Å². The summed E-state index contributed by atoms with van der Waals surface area (Å²) in [5.41, 5.74) is 9.26. The van der Waals surface area contributed by atoms with Crippen LogP contribution in [0.5, 0.6) is 0 Å². The van der Waals surface area contributed by atoms with Crippen LogP contribution in [0, 0.1) is 32.9 Å². The molecule has 0 atom stereocenters. The maximum atomic E-state index is 6.05. The summed E-state index contributed by atoms with van der Waals surface area (Å²) < 4.78 is 6.05. The number of aryl methyl sites for hydroxylation is 3. The monoisotopic (exact) mass is 633 g/mol. The van der Waals surface area contributed by atoms with Crippen molar-refractivity contribution >= 4 is 21.9 Å². The van der Waals surface area contributed by atoms with Gasteiger partial charge in [0.2, 0.25) is 0 Å². The Kier molecular flexibility index (Phi) is 7.55. The third kappa shape index (κ3) is 5.24. The Morgan fingerprint density at radius 1 is 0.743 bits per heavy atom. The summed E-state index contributed by atoms with van der Waals surface area (Å²) in [6.45, 7) is 6.19. The zero-order valence-electron chi connectivity index (χ0n) is 19.8. The van der Waals surface area contributed by atoms with Crippen molar-refractivity contribution in [2.75, 3.05) is 0 Å². The number of pyridine rings is 2. The Hall–Kier alpha value is -3.59. The van der Waals surface area contributed by atoms with E-state index in [4.69, 9.17) is 4.42 Å². The SMILES string of the molecule is Cc1c[c-]c(-c2ncccc2C)cc1.Cc1ccc2c(c1)oc1c(-c3ccccn3)[c-]ccc12.[Ir]. The van der Waals surface area contributed by atoms with Gasteiger partial charge in [-0.1, -0.05) is 53.8 Å². The zero-order valence-corrected chi connectivity index (χ0v) is 22.2. The first-order valence-electron chi connectivity index (χ1n) is 11.3. The van der Waals surface area contributed by atoms with Crippen LogP contribution in [0.4, 0.5) is 0 Å². The van der Waals surface area contributed by atoms with E-state index in [1.54, 1.807) is 6.20 Å². The molecule has 0 aliphatic rings. The maximum Gasteiger partial charge on any atom is 0.121 e. The van der Waals surface area contributed by atoms with E-state index in [1.807, 2.05) is 48.7 Å². The van der Waals surface area contributed by atoms with Gasteiger partial charge < -0.3 is 14.4 Å². The molecule has 4 heteroatoms. The Morgan fingerprint density at radius 3 is 2.31 bits per heavy atom. The van der Waals surface area contributed by atoms with E-state index < -0.39 is 0 Å². The molecule has 0 saturated heterocycles. The second kappa shape index (κ2) is 10.8. The minimum atomic E-state index is 0. The van der Waals surface area contributed by atoms with Gasteiger partial charge in [-0.3, -0.25) is 0 Å². The van der Waals surface area contributed by atoms with Crippen molar-refractivity contribution in [3.8, 4) is 22.5 Å². The number of aromatic nitrogens is 2. The molecule has 175 valence electrons. The molecule has 3 aromatic carbocycles. The fraction of sp³-hybridized carbons (Fsp3) is 0.0968. The van der Waals surface area contributed by atoms with Crippen molar-refractivity contribution in [2.45, 2.75) is 20.8 Å². The van der Waals surface area contributed by atoms with Crippen LogP contribution in [0.3, 0.4) is 0 Å². The van der Waals surface area contributed by atoms with Gasteiger partial charge in [-0.15, -0.1) is 53.6 Å². The molecule has 0 spiro atoms. The molecule has 0 N–H and O–H groups in total. The fourth-order valence-corrected chi connectivity index (χ4v) is 3.97. The van der Waals surface area contributed by atoms with E-state index in [-0.39, 0.29) is 20.1 Å². The summed E-state index contributed by atoms with van der Waals surface area (Å²) in [5.74, 6) is 0. The summed E-state index contributed by atoms with van der Waals surface area (Å²) in [6.07, 6.45) is 3.60. The molecule has 1 radical (unpaired) electrons. The number of benzene rings is 3. The number of nitrogens with zero attached hydrogens (tertiary/aromatic N) is 2. The molecule has 0 aliphatic carbocycles. The first kappa shape index (κ1) is 24.5. The molecule has 3 heterocycles. The minimum absolute atomic E-state index is 0. The second-order valence-electron chi connectivity index (χ2n) is 8.36. The Morgan fingerprint density at radius 2 is 1.57 bits per heavy atom. The summed E-state index contributed by atoms with van der Waals surface area (Å²) >= 11 is 0. The average Bonchev–Trinajstić information content (AvgIpc) is 3.23. The minimum Gasteiger partial charge on any atom is -0.501 e. The third-order valence-electron chi connectivity index (χ3n) is 5.74. The molecule has 0 saturated carbocycles. The van der Waals surface area contributed by atoms with Crippen molar-refractivity contribution in [1.82, 2.24) is 9.97 Å². The molecular weight excluding hydrogens is 609 g/mol. The normalized spacial score (nSPS) is 10.5. The van der Waals surface area contributed by atoms with E-state index >= 15 is 0 Å². The van der Waals surface area contributed by atoms with Crippen LogP contribution in [0.25, 0.3) is 44.5 Å². The van der Waals surface area contributed by atoms with Gasteiger partial charge in [-0.05, 0) is 49.0 Å². The van der Waals surface area contributed by atoms with Gasteiger partial charge in [0.05, 0.1) is 5.58 Å². The predicted octanol–water partition coefficient (Wildman–Crippen LogP) is 7.92. The predicted molar refractivity (Wildman–Crippen MR) is 139 cm³/mol. The Balaban J connectivity index is 0.000000171. The van der Waals surface area contributed by atoms with Crippen molar-refractivity contribution in [1.29, 1.82) is 0 Å². The Labute approximate surface area is 219 Å². The molecule has 6 rings (SSSR count). The zero-order chi connectivity index (χ0) is 23.5. The molecular formula is C31H24IrN2O-2. The third-order valence-corrected chi connectivity index (χ3v) is 5.74. The smallest absolute Gasteiger partial charge is 0.121 e. The number of rotatable bonds is 2. The van der Waals surface area contributed by atoms with Gasteiger partial charge >= 0.3 is 0 Å². The molecule has 0 unspecified atom stereocenters. The number of fused-ring (bicyclic) bond motifs is 3. The van der Waals surface area contributed by atoms with Gasteiger partial charge in [0.1, 0.15) is 5.58 Å².